The van der Waals surface area contributed by atoms with Crippen LogP contribution in [0.3, 0.4) is 0 Å². The summed E-state index contributed by atoms with van der Waals surface area (Å²) in [4.78, 5) is 23.9. The number of anilines is 1. The predicted octanol–water partition coefficient (Wildman–Crippen LogP) is 5.48. The minimum atomic E-state index is -0.549. The molecule has 130 valence electrons. The van der Waals surface area contributed by atoms with E-state index in [9.17, 15) is 9.59 Å². The lowest BCUT2D eigenvalue weighted by Crippen LogP contribution is -2.10. The van der Waals surface area contributed by atoms with Gasteiger partial charge in [-0.25, -0.2) is 4.79 Å². The number of carbonyl (C=O) groups is 2. The van der Waals surface area contributed by atoms with Crippen LogP contribution in [0, 0.1) is 0 Å². The van der Waals surface area contributed by atoms with E-state index in [-0.39, 0.29) is 23.1 Å². The number of hydrogen-bond donors (Lipinski definition) is 1. The number of ether oxygens (including phenoxy) is 1. The first-order valence-corrected chi connectivity index (χ1v) is 8.45. The fraction of sp³-hybridized carbons (Fsp3) is 0.111. The molecule has 0 atom stereocenters. The van der Waals surface area contributed by atoms with Crippen LogP contribution in [0.2, 0.25) is 15.1 Å². The maximum atomic E-state index is 12.0. The van der Waals surface area contributed by atoms with Crippen molar-refractivity contribution in [3.63, 3.8) is 0 Å². The number of hydrogen-bond acceptors (Lipinski definition) is 3. The molecule has 0 unspecified atom stereocenters. The second-order valence-corrected chi connectivity index (χ2v) is 6.15. The van der Waals surface area contributed by atoms with Gasteiger partial charge in [0.1, 0.15) is 0 Å². The molecule has 0 heterocycles. The molecule has 0 saturated heterocycles. The van der Waals surface area contributed by atoms with Crippen LogP contribution >= 0.6 is 34.8 Å². The Morgan fingerprint density at radius 1 is 1.08 bits per heavy atom. The smallest absolute Gasteiger partial charge is 0.339 e. The summed E-state index contributed by atoms with van der Waals surface area (Å²) in [5, 5.41) is 3.85. The van der Waals surface area contributed by atoms with Crippen LogP contribution in [0.5, 0.6) is 0 Å². The van der Waals surface area contributed by atoms with Crippen molar-refractivity contribution in [1.82, 2.24) is 0 Å². The molecule has 7 heteroatoms. The maximum absolute atomic E-state index is 12.0. The summed E-state index contributed by atoms with van der Waals surface area (Å²) < 4.78 is 4.92. The van der Waals surface area contributed by atoms with Gasteiger partial charge in [-0.2, -0.15) is 0 Å². The van der Waals surface area contributed by atoms with Crippen LogP contribution in [0.4, 0.5) is 5.69 Å². The Morgan fingerprint density at radius 2 is 1.84 bits per heavy atom. The lowest BCUT2D eigenvalue weighted by atomic mass is 10.2. The topological polar surface area (TPSA) is 55.4 Å². The number of benzene rings is 2. The Balaban J connectivity index is 2.11. The summed E-state index contributed by atoms with van der Waals surface area (Å²) in [6, 6.07) is 9.54. The molecule has 25 heavy (non-hydrogen) atoms. The molecule has 0 aliphatic rings. The fourth-order valence-corrected chi connectivity index (χ4v) is 2.62. The standard InChI is InChI=1S/C18H14Cl3NO3/c1-2-25-18(24)14-10-13(6-7-15(14)20)22-17(23)8-4-11-3-5-12(19)9-16(11)21/h3-10H,2H2,1H3,(H,22,23)/b8-4+. The molecule has 2 aromatic carbocycles. The minimum Gasteiger partial charge on any atom is -0.462 e. The second kappa shape index (κ2) is 8.90. The number of amides is 1. The van der Waals surface area contributed by atoms with E-state index in [1.54, 1.807) is 37.3 Å². The zero-order chi connectivity index (χ0) is 18.4. The lowest BCUT2D eigenvalue weighted by Gasteiger charge is -2.07. The number of esters is 1. The van der Waals surface area contributed by atoms with Crippen molar-refractivity contribution >= 4 is 58.4 Å². The van der Waals surface area contributed by atoms with Crippen molar-refractivity contribution in [2.45, 2.75) is 6.92 Å². The molecular weight excluding hydrogens is 385 g/mol. The summed E-state index contributed by atoms with van der Waals surface area (Å²) in [6.07, 6.45) is 2.89. The van der Waals surface area contributed by atoms with Crippen molar-refractivity contribution in [2.24, 2.45) is 0 Å². The Kier molecular flexibility index (Phi) is 6.88. The first-order chi connectivity index (χ1) is 11.9. The van der Waals surface area contributed by atoms with Gasteiger partial charge in [0.25, 0.3) is 0 Å². The zero-order valence-corrected chi connectivity index (χ0v) is 15.5. The summed E-state index contributed by atoms with van der Waals surface area (Å²) in [7, 11) is 0. The molecule has 1 amide bonds. The van der Waals surface area contributed by atoms with Gasteiger partial charge in [0, 0.05) is 21.8 Å². The van der Waals surface area contributed by atoms with E-state index >= 15 is 0 Å². The van der Waals surface area contributed by atoms with Crippen LogP contribution in [0.1, 0.15) is 22.8 Å². The monoisotopic (exact) mass is 397 g/mol. The third-order valence-corrected chi connectivity index (χ3v) is 4.00. The average molecular weight is 399 g/mol. The van der Waals surface area contributed by atoms with Gasteiger partial charge in [0.05, 0.1) is 17.2 Å². The first kappa shape index (κ1) is 19.3. The summed E-state index contributed by atoms with van der Waals surface area (Å²) >= 11 is 17.9. The molecule has 0 aliphatic carbocycles. The number of rotatable bonds is 5. The van der Waals surface area contributed by atoms with Gasteiger partial charge in [-0.05, 0) is 48.9 Å². The van der Waals surface area contributed by atoms with E-state index < -0.39 is 5.97 Å². The molecule has 4 nitrogen and oxygen atoms in total. The van der Waals surface area contributed by atoms with Gasteiger partial charge < -0.3 is 10.1 Å². The molecular formula is C18H14Cl3NO3. The first-order valence-electron chi connectivity index (χ1n) is 7.31. The second-order valence-electron chi connectivity index (χ2n) is 4.90. The van der Waals surface area contributed by atoms with Crippen molar-refractivity contribution in [2.75, 3.05) is 11.9 Å². The van der Waals surface area contributed by atoms with Gasteiger partial charge in [0.15, 0.2) is 0 Å². The van der Waals surface area contributed by atoms with Gasteiger partial charge in [-0.3, -0.25) is 4.79 Å². The third kappa shape index (κ3) is 5.49. The van der Waals surface area contributed by atoms with Crippen molar-refractivity contribution < 1.29 is 14.3 Å². The number of nitrogens with one attached hydrogen (secondary N) is 1. The Labute approximate surface area is 160 Å². The van der Waals surface area contributed by atoms with Gasteiger partial charge in [0.2, 0.25) is 5.91 Å². The SMILES string of the molecule is CCOC(=O)c1cc(NC(=O)/C=C/c2ccc(Cl)cc2Cl)ccc1Cl. The Bertz CT molecular complexity index is 834. The van der Waals surface area contributed by atoms with E-state index in [2.05, 4.69) is 5.32 Å². The highest BCUT2D eigenvalue weighted by molar-refractivity contribution is 6.35. The third-order valence-electron chi connectivity index (χ3n) is 3.11. The fourth-order valence-electron chi connectivity index (χ4n) is 1.95. The molecule has 0 aliphatic heterocycles. The minimum absolute atomic E-state index is 0.186. The summed E-state index contributed by atoms with van der Waals surface area (Å²) in [5.74, 6) is -0.935. The zero-order valence-electron chi connectivity index (χ0n) is 13.2. The van der Waals surface area contributed by atoms with Crippen LogP contribution < -0.4 is 5.32 Å². The van der Waals surface area contributed by atoms with Crippen molar-refractivity contribution in [3.05, 3.63) is 68.7 Å². The maximum Gasteiger partial charge on any atom is 0.339 e. The molecule has 0 aromatic heterocycles. The highest BCUT2D eigenvalue weighted by Crippen LogP contribution is 2.23. The van der Waals surface area contributed by atoms with Gasteiger partial charge in [-0.1, -0.05) is 40.9 Å². The van der Waals surface area contributed by atoms with Crippen LogP contribution in [-0.2, 0) is 9.53 Å². The van der Waals surface area contributed by atoms with E-state index in [1.807, 2.05) is 0 Å². The number of halogens is 3. The average Bonchev–Trinajstić information content (AvgIpc) is 2.56. The molecule has 1 N–H and O–H groups in total. The molecule has 0 saturated carbocycles. The highest BCUT2D eigenvalue weighted by atomic mass is 35.5. The molecule has 0 fully saturated rings. The predicted molar refractivity (Wildman–Crippen MR) is 102 cm³/mol. The Hall–Kier alpha value is -2.01. The lowest BCUT2D eigenvalue weighted by molar-refractivity contribution is -0.111. The molecule has 0 radical (unpaired) electrons. The van der Waals surface area contributed by atoms with E-state index in [0.29, 0.717) is 21.3 Å². The quantitative estimate of drug-likeness (QED) is 0.536. The summed E-state index contributed by atoms with van der Waals surface area (Å²) in [5.41, 5.74) is 1.26. The summed E-state index contributed by atoms with van der Waals surface area (Å²) in [6.45, 7) is 1.93. The molecule has 2 aromatic rings. The van der Waals surface area contributed by atoms with Crippen molar-refractivity contribution in [1.29, 1.82) is 0 Å². The normalized spacial score (nSPS) is 10.7. The largest absolute Gasteiger partial charge is 0.462 e. The van der Waals surface area contributed by atoms with Crippen LogP contribution in [0.25, 0.3) is 6.08 Å². The molecule has 2 rings (SSSR count). The van der Waals surface area contributed by atoms with Crippen LogP contribution in [-0.4, -0.2) is 18.5 Å². The highest BCUT2D eigenvalue weighted by Gasteiger charge is 2.12. The van der Waals surface area contributed by atoms with Gasteiger partial charge in [-0.15, -0.1) is 0 Å². The molecule has 0 spiro atoms. The number of carbonyl (C=O) groups excluding carboxylic acids is 2. The van der Waals surface area contributed by atoms with Crippen LogP contribution in [0.15, 0.2) is 42.5 Å². The van der Waals surface area contributed by atoms with E-state index in [4.69, 9.17) is 39.5 Å². The molecule has 0 bridgehead atoms. The van der Waals surface area contributed by atoms with E-state index in [1.165, 1.54) is 18.2 Å². The van der Waals surface area contributed by atoms with E-state index in [0.717, 1.165) is 0 Å². The van der Waals surface area contributed by atoms with Gasteiger partial charge >= 0.3 is 5.97 Å². The Morgan fingerprint density at radius 3 is 2.52 bits per heavy atom. The van der Waals surface area contributed by atoms with Crippen molar-refractivity contribution in [3.8, 4) is 0 Å².